The summed E-state index contributed by atoms with van der Waals surface area (Å²) < 4.78 is 11.3. The van der Waals surface area contributed by atoms with Crippen LogP contribution in [0.3, 0.4) is 0 Å². The minimum atomic E-state index is -0.0556. The molecule has 4 aromatic rings. The number of ether oxygens (including phenoxy) is 1. The van der Waals surface area contributed by atoms with E-state index in [1.807, 2.05) is 42.5 Å². The SMILES string of the molecule is O=C(CSc1nnc(-c2ccc3ccccc3c2)o1)NCCc1ccc2c(c1)CCO2. The van der Waals surface area contributed by atoms with Crippen LogP contribution in [-0.4, -0.2) is 35.0 Å². The van der Waals surface area contributed by atoms with Gasteiger partial charge in [-0.15, -0.1) is 10.2 Å². The van der Waals surface area contributed by atoms with Crippen molar-refractivity contribution >= 4 is 28.4 Å². The summed E-state index contributed by atoms with van der Waals surface area (Å²) in [4.78, 5) is 12.2. The van der Waals surface area contributed by atoms with Gasteiger partial charge in [-0.2, -0.15) is 0 Å². The lowest BCUT2D eigenvalue weighted by molar-refractivity contribution is -0.118. The second kappa shape index (κ2) is 8.81. The molecule has 31 heavy (non-hydrogen) atoms. The number of carbonyl (C=O) groups is 1. The topological polar surface area (TPSA) is 77.2 Å². The first-order valence-corrected chi connectivity index (χ1v) is 11.2. The molecule has 0 bridgehead atoms. The zero-order chi connectivity index (χ0) is 21.0. The van der Waals surface area contributed by atoms with Gasteiger partial charge in [0.2, 0.25) is 11.8 Å². The second-order valence-electron chi connectivity index (χ2n) is 7.36. The van der Waals surface area contributed by atoms with E-state index in [0.29, 0.717) is 17.7 Å². The van der Waals surface area contributed by atoms with Crippen molar-refractivity contribution in [1.29, 1.82) is 0 Å². The monoisotopic (exact) mass is 431 g/mol. The van der Waals surface area contributed by atoms with Crippen LogP contribution >= 0.6 is 11.8 Å². The van der Waals surface area contributed by atoms with Crippen molar-refractivity contribution in [2.45, 2.75) is 18.1 Å². The first-order chi connectivity index (χ1) is 15.2. The number of fused-ring (bicyclic) bond motifs is 2. The van der Waals surface area contributed by atoms with E-state index in [1.54, 1.807) is 0 Å². The molecule has 0 radical (unpaired) electrons. The number of amides is 1. The number of benzene rings is 3. The van der Waals surface area contributed by atoms with Crippen molar-refractivity contribution in [1.82, 2.24) is 15.5 Å². The molecule has 0 aliphatic carbocycles. The molecular formula is C24H21N3O3S. The minimum Gasteiger partial charge on any atom is -0.493 e. The minimum absolute atomic E-state index is 0.0556. The van der Waals surface area contributed by atoms with Gasteiger partial charge in [0.15, 0.2) is 0 Å². The van der Waals surface area contributed by atoms with E-state index in [2.05, 4.69) is 33.7 Å². The fourth-order valence-electron chi connectivity index (χ4n) is 3.63. The highest BCUT2D eigenvalue weighted by Crippen LogP contribution is 2.27. The number of rotatable bonds is 7. The summed E-state index contributed by atoms with van der Waals surface area (Å²) in [6, 6.07) is 20.4. The summed E-state index contributed by atoms with van der Waals surface area (Å²) in [5, 5.41) is 13.8. The van der Waals surface area contributed by atoms with Crippen molar-refractivity contribution in [3.63, 3.8) is 0 Å². The average molecular weight is 432 g/mol. The molecular weight excluding hydrogens is 410 g/mol. The molecule has 1 aliphatic heterocycles. The predicted molar refractivity (Wildman–Crippen MR) is 120 cm³/mol. The van der Waals surface area contributed by atoms with Gasteiger partial charge in [0.1, 0.15) is 5.75 Å². The largest absolute Gasteiger partial charge is 0.493 e. The van der Waals surface area contributed by atoms with Gasteiger partial charge in [0, 0.05) is 18.5 Å². The van der Waals surface area contributed by atoms with Gasteiger partial charge in [-0.3, -0.25) is 4.79 Å². The molecule has 1 N–H and O–H groups in total. The van der Waals surface area contributed by atoms with Gasteiger partial charge < -0.3 is 14.5 Å². The Morgan fingerprint density at radius 3 is 2.87 bits per heavy atom. The Morgan fingerprint density at radius 1 is 1.03 bits per heavy atom. The van der Waals surface area contributed by atoms with Gasteiger partial charge in [0.25, 0.3) is 5.22 Å². The van der Waals surface area contributed by atoms with E-state index in [9.17, 15) is 4.79 Å². The molecule has 156 valence electrons. The zero-order valence-corrected chi connectivity index (χ0v) is 17.7. The third-order valence-electron chi connectivity index (χ3n) is 5.22. The van der Waals surface area contributed by atoms with Crippen LogP contribution in [0.2, 0.25) is 0 Å². The normalized spacial score (nSPS) is 12.5. The number of aromatic nitrogens is 2. The lowest BCUT2D eigenvalue weighted by atomic mass is 10.1. The summed E-state index contributed by atoms with van der Waals surface area (Å²) >= 11 is 1.24. The van der Waals surface area contributed by atoms with Gasteiger partial charge in [-0.05, 0) is 46.5 Å². The van der Waals surface area contributed by atoms with Gasteiger partial charge in [0.05, 0.1) is 12.4 Å². The Hall–Kier alpha value is -3.32. The van der Waals surface area contributed by atoms with E-state index < -0.39 is 0 Å². The number of carbonyl (C=O) groups excluding carboxylic acids is 1. The Labute approximate surface area is 184 Å². The van der Waals surface area contributed by atoms with Crippen LogP contribution in [0.4, 0.5) is 0 Å². The van der Waals surface area contributed by atoms with Crippen molar-refractivity contribution in [3.8, 4) is 17.2 Å². The van der Waals surface area contributed by atoms with Crippen LogP contribution in [-0.2, 0) is 17.6 Å². The quantitative estimate of drug-likeness (QED) is 0.440. The standard InChI is InChI=1S/C24H21N3O3S/c28-22(25-11-9-16-5-8-21-19(13-16)10-12-29-21)15-31-24-27-26-23(30-24)20-7-6-17-3-1-2-4-18(17)14-20/h1-8,13-14H,9-12,15H2,(H,25,28). The Balaban J connectivity index is 1.11. The molecule has 7 heteroatoms. The first-order valence-electron chi connectivity index (χ1n) is 10.2. The Kier molecular flexibility index (Phi) is 5.58. The molecule has 0 spiro atoms. The molecule has 1 amide bonds. The maximum Gasteiger partial charge on any atom is 0.277 e. The molecule has 1 aliphatic rings. The highest BCUT2D eigenvalue weighted by molar-refractivity contribution is 7.99. The number of nitrogens with zero attached hydrogens (tertiary/aromatic N) is 2. The van der Waals surface area contributed by atoms with E-state index in [4.69, 9.17) is 9.15 Å². The highest BCUT2D eigenvalue weighted by Gasteiger charge is 2.13. The number of thioether (sulfide) groups is 1. The number of nitrogens with one attached hydrogen (secondary N) is 1. The summed E-state index contributed by atoms with van der Waals surface area (Å²) in [5.41, 5.74) is 3.31. The number of hydrogen-bond acceptors (Lipinski definition) is 6. The Bertz CT molecular complexity index is 1240. The third kappa shape index (κ3) is 4.56. The fraction of sp³-hybridized carbons (Fsp3) is 0.208. The molecule has 0 fully saturated rings. The van der Waals surface area contributed by atoms with E-state index >= 15 is 0 Å². The van der Waals surface area contributed by atoms with Gasteiger partial charge in [-0.1, -0.05) is 54.2 Å². The van der Waals surface area contributed by atoms with Crippen LogP contribution in [0.15, 0.2) is 70.3 Å². The molecule has 3 aromatic carbocycles. The Morgan fingerprint density at radius 2 is 1.94 bits per heavy atom. The van der Waals surface area contributed by atoms with Crippen LogP contribution in [0.5, 0.6) is 5.75 Å². The maximum absolute atomic E-state index is 12.2. The summed E-state index contributed by atoms with van der Waals surface area (Å²) in [6.07, 6.45) is 1.74. The molecule has 0 saturated carbocycles. The first kappa shape index (κ1) is 19.6. The molecule has 1 aromatic heterocycles. The average Bonchev–Trinajstić information content (AvgIpc) is 3.46. The van der Waals surface area contributed by atoms with Crippen molar-refractivity contribution in [2.24, 2.45) is 0 Å². The van der Waals surface area contributed by atoms with E-state index in [1.165, 1.54) is 22.9 Å². The van der Waals surface area contributed by atoms with Gasteiger partial charge in [-0.25, -0.2) is 0 Å². The number of hydrogen-bond donors (Lipinski definition) is 1. The zero-order valence-electron chi connectivity index (χ0n) is 16.8. The van der Waals surface area contributed by atoms with E-state index in [0.717, 1.165) is 41.5 Å². The van der Waals surface area contributed by atoms with Crippen molar-refractivity contribution in [2.75, 3.05) is 18.9 Å². The van der Waals surface area contributed by atoms with Crippen LogP contribution < -0.4 is 10.1 Å². The third-order valence-corrected chi connectivity index (χ3v) is 6.04. The summed E-state index contributed by atoms with van der Waals surface area (Å²) in [5.74, 6) is 1.61. The fourth-order valence-corrected chi connectivity index (χ4v) is 4.22. The molecule has 0 unspecified atom stereocenters. The van der Waals surface area contributed by atoms with Gasteiger partial charge >= 0.3 is 0 Å². The highest BCUT2D eigenvalue weighted by atomic mass is 32.2. The molecule has 0 saturated heterocycles. The molecule has 5 rings (SSSR count). The van der Waals surface area contributed by atoms with E-state index in [-0.39, 0.29) is 11.7 Å². The molecule has 2 heterocycles. The van der Waals surface area contributed by atoms with Crippen molar-refractivity contribution < 1.29 is 13.9 Å². The van der Waals surface area contributed by atoms with Crippen molar-refractivity contribution in [3.05, 3.63) is 71.8 Å². The lowest BCUT2D eigenvalue weighted by Crippen LogP contribution is -2.27. The van der Waals surface area contributed by atoms with Crippen LogP contribution in [0.1, 0.15) is 11.1 Å². The summed E-state index contributed by atoms with van der Waals surface area (Å²) in [6.45, 7) is 1.34. The van der Waals surface area contributed by atoms with Crippen LogP contribution in [0.25, 0.3) is 22.2 Å². The smallest absolute Gasteiger partial charge is 0.277 e. The van der Waals surface area contributed by atoms with Crippen LogP contribution in [0, 0.1) is 0 Å². The summed E-state index contributed by atoms with van der Waals surface area (Å²) in [7, 11) is 0. The predicted octanol–water partition coefficient (Wildman–Crippen LogP) is 4.28. The second-order valence-corrected chi connectivity index (χ2v) is 8.29. The molecule has 6 nitrogen and oxygen atoms in total. The molecule has 0 atom stereocenters. The lowest BCUT2D eigenvalue weighted by Gasteiger charge is -2.06. The maximum atomic E-state index is 12.2.